The van der Waals surface area contributed by atoms with Gasteiger partial charge in [0.15, 0.2) is 0 Å². The molecular formula is C10H10BrNS. The summed E-state index contributed by atoms with van der Waals surface area (Å²) in [5.74, 6) is 0. The van der Waals surface area contributed by atoms with Crippen molar-refractivity contribution >= 4 is 43.0 Å². The molecule has 0 aliphatic carbocycles. The molecule has 1 aromatic carbocycles. The van der Waals surface area contributed by atoms with E-state index in [4.69, 9.17) is 5.73 Å². The van der Waals surface area contributed by atoms with Crippen LogP contribution >= 0.6 is 27.3 Å². The van der Waals surface area contributed by atoms with Gasteiger partial charge in [-0.05, 0) is 40.0 Å². The summed E-state index contributed by atoms with van der Waals surface area (Å²) in [5.41, 5.74) is 8.13. The summed E-state index contributed by atoms with van der Waals surface area (Å²) in [6.07, 6.45) is 1.06. The first kappa shape index (κ1) is 9.03. The zero-order chi connectivity index (χ0) is 9.42. The van der Waals surface area contributed by atoms with Gasteiger partial charge in [-0.25, -0.2) is 0 Å². The van der Waals surface area contributed by atoms with Gasteiger partial charge in [-0.15, -0.1) is 11.3 Å². The van der Waals surface area contributed by atoms with Gasteiger partial charge in [0, 0.05) is 10.1 Å². The first-order chi connectivity index (χ1) is 6.22. The summed E-state index contributed by atoms with van der Waals surface area (Å²) >= 11 is 5.14. The van der Waals surface area contributed by atoms with Crippen molar-refractivity contribution < 1.29 is 0 Å². The Bertz CT molecular complexity index is 447. The first-order valence-corrected chi connectivity index (χ1v) is 5.79. The Morgan fingerprint density at radius 1 is 1.46 bits per heavy atom. The highest BCUT2D eigenvalue weighted by Gasteiger charge is 2.06. The fourth-order valence-electron chi connectivity index (χ4n) is 1.35. The Balaban J connectivity index is 2.75. The Hall–Kier alpha value is -0.540. The van der Waals surface area contributed by atoms with Crippen LogP contribution in [0.2, 0.25) is 0 Å². The van der Waals surface area contributed by atoms with Gasteiger partial charge in [0.05, 0.1) is 9.47 Å². The number of benzene rings is 1. The second-order valence-electron chi connectivity index (χ2n) is 2.97. The van der Waals surface area contributed by atoms with Crippen LogP contribution in [0, 0.1) is 0 Å². The number of aryl methyl sites for hydroxylation is 1. The minimum absolute atomic E-state index is 0.871. The number of hydrogen-bond donors (Lipinski definition) is 1. The van der Waals surface area contributed by atoms with Gasteiger partial charge < -0.3 is 5.73 Å². The summed E-state index contributed by atoms with van der Waals surface area (Å²) in [7, 11) is 0. The monoisotopic (exact) mass is 255 g/mol. The quantitative estimate of drug-likeness (QED) is 0.824. The molecule has 0 fully saturated rings. The molecule has 0 unspecified atom stereocenters. The van der Waals surface area contributed by atoms with Crippen molar-refractivity contribution in [3.8, 4) is 0 Å². The van der Waals surface area contributed by atoms with Gasteiger partial charge in [-0.3, -0.25) is 0 Å². The molecule has 13 heavy (non-hydrogen) atoms. The fourth-order valence-corrected chi connectivity index (χ4v) is 2.92. The number of fused-ring (bicyclic) bond motifs is 1. The molecular weight excluding hydrogens is 246 g/mol. The van der Waals surface area contributed by atoms with Crippen molar-refractivity contribution in [3.05, 3.63) is 27.5 Å². The van der Waals surface area contributed by atoms with E-state index in [0.717, 1.165) is 15.9 Å². The van der Waals surface area contributed by atoms with Gasteiger partial charge in [0.1, 0.15) is 0 Å². The van der Waals surface area contributed by atoms with Crippen molar-refractivity contribution in [2.75, 3.05) is 5.73 Å². The first-order valence-electron chi connectivity index (χ1n) is 4.18. The lowest BCUT2D eigenvalue weighted by molar-refractivity contribution is 1.15. The maximum atomic E-state index is 5.93. The molecule has 68 valence electrons. The molecule has 0 saturated carbocycles. The smallest absolute Gasteiger partial charge is 0.0940 e. The molecule has 3 heteroatoms. The third-order valence-electron chi connectivity index (χ3n) is 2.15. The maximum Gasteiger partial charge on any atom is 0.0940 e. The fraction of sp³-hybridized carbons (Fsp3) is 0.200. The molecule has 0 atom stereocenters. The molecule has 0 aliphatic heterocycles. The van der Waals surface area contributed by atoms with Gasteiger partial charge >= 0.3 is 0 Å². The summed E-state index contributed by atoms with van der Waals surface area (Å²) in [6, 6.07) is 6.47. The molecule has 2 aromatic rings. The van der Waals surface area contributed by atoms with Crippen LogP contribution in [-0.2, 0) is 6.42 Å². The van der Waals surface area contributed by atoms with E-state index in [1.54, 1.807) is 11.3 Å². The van der Waals surface area contributed by atoms with Crippen molar-refractivity contribution in [1.29, 1.82) is 0 Å². The van der Waals surface area contributed by atoms with Crippen LogP contribution in [0.3, 0.4) is 0 Å². The van der Waals surface area contributed by atoms with E-state index in [9.17, 15) is 0 Å². The molecule has 2 N–H and O–H groups in total. The molecule has 0 saturated heterocycles. The van der Waals surface area contributed by atoms with Crippen LogP contribution in [-0.4, -0.2) is 0 Å². The molecule has 0 bridgehead atoms. The molecule has 1 heterocycles. The van der Waals surface area contributed by atoms with Crippen molar-refractivity contribution in [1.82, 2.24) is 0 Å². The summed E-state index contributed by atoms with van der Waals surface area (Å²) in [6.45, 7) is 2.15. The molecule has 0 amide bonds. The number of anilines is 1. The van der Waals surface area contributed by atoms with E-state index in [-0.39, 0.29) is 0 Å². The van der Waals surface area contributed by atoms with E-state index in [0.29, 0.717) is 0 Å². The van der Waals surface area contributed by atoms with Crippen LogP contribution in [0.15, 0.2) is 22.0 Å². The van der Waals surface area contributed by atoms with Crippen molar-refractivity contribution in [3.63, 3.8) is 0 Å². The second-order valence-corrected chi connectivity index (χ2v) is 5.34. The zero-order valence-electron chi connectivity index (χ0n) is 7.30. The number of hydrogen-bond acceptors (Lipinski definition) is 2. The average molecular weight is 256 g/mol. The summed E-state index contributed by atoms with van der Waals surface area (Å²) < 4.78 is 2.29. The van der Waals surface area contributed by atoms with Crippen LogP contribution in [0.5, 0.6) is 0 Å². The predicted octanol–water partition coefficient (Wildman–Crippen LogP) is 3.81. The zero-order valence-corrected chi connectivity index (χ0v) is 9.71. The maximum absolute atomic E-state index is 5.93. The molecule has 1 nitrogen and oxygen atoms in total. The summed E-state index contributed by atoms with van der Waals surface area (Å²) in [4.78, 5) is 0. The lowest BCUT2D eigenvalue weighted by atomic mass is 10.1. The van der Waals surface area contributed by atoms with E-state index < -0.39 is 0 Å². The standard InChI is InChI=1S/C10H10BrNS/c1-2-6-3-4-8-7(5-6)9(12)10(11)13-8/h3-5H,2,12H2,1H3. The van der Waals surface area contributed by atoms with Gasteiger partial charge in [0.25, 0.3) is 0 Å². The second kappa shape index (κ2) is 3.31. The van der Waals surface area contributed by atoms with E-state index in [1.807, 2.05) is 0 Å². The highest BCUT2D eigenvalue weighted by molar-refractivity contribution is 9.11. The van der Waals surface area contributed by atoms with E-state index in [2.05, 4.69) is 41.1 Å². The molecule has 0 spiro atoms. The van der Waals surface area contributed by atoms with Gasteiger partial charge in [-0.2, -0.15) is 0 Å². The van der Waals surface area contributed by atoms with Crippen LogP contribution in [0.4, 0.5) is 5.69 Å². The average Bonchev–Trinajstić information content (AvgIpc) is 2.43. The number of nitrogens with two attached hydrogens (primary N) is 1. The van der Waals surface area contributed by atoms with Crippen LogP contribution in [0.25, 0.3) is 10.1 Å². The lowest BCUT2D eigenvalue weighted by Gasteiger charge is -1.96. The Morgan fingerprint density at radius 3 is 2.92 bits per heavy atom. The van der Waals surface area contributed by atoms with Crippen molar-refractivity contribution in [2.24, 2.45) is 0 Å². The van der Waals surface area contributed by atoms with Gasteiger partial charge in [-0.1, -0.05) is 13.0 Å². The third kappa shape index (κ3) is 1.46. The topological polar surface area (TPSA) is 26.0 Å². The van der Waals surface area contributed by atoms with Crippen LogP contribution < -0.4 is 5.73 Å². The molecule has 2 rings (SSSR count). The molecule has 0 radical (unpaired) electrons. The normalized spacial score (nSPS) is 10.9. The number of rotatable bonds is 1. The minimum atomic E-state index is 0.871. The number of thiophene rings is 1. The Morgan fingerprint density at radius 2 is 2.23 bits per heavy atom. The summed E-state index contributed by atoms with van der Waals surface area (Å²) in [5, 5.41) is 1.18. The van der Waals surface area contributed by atoms with Crippen LogP contribution in [0.1, 0.15) is 12.5 Å². The third-order valence-corrected chi connectivity index (χ3v) is 4.04. The van der Waals surface area contributed by atoms with E-state index >= 15 is 0 Å². The minimum Gasteiger partial charge on any atom is -0.397 e. The Kier molecular flexibility index (Phi) is 2.30. The number of nitrogen functional groups attached to an aromatic ring is 1. The predicted molar refractivity (Wildman–Crippen MR) is 63.3 cm³/mol. The van der Waals surface area contributed by atoms with Gasteiger partial charge in [0.2, 0.25) is 0 Å². The molecule has 1 aromatic heterocycles. The highest BCUT2D eigenvalue weighted by Crippen LogP contribution is 2.37. The SMILES string of the molecule is CCc1ccc2sc(Br)c(N)c2c1. The number of halogens is 1. The molecule has 0 aliphatic rings. The highest BCUT2D eigenvalue weighted by atomic mass is 79.9. The lowest BCUT2D eigenvalue weighted by Crippen LogP contribution is -1.83. The van der Waals surface area contributed by atoms with E-state index in [1.165, 1.54) is 15.6 Å². The largest absolute Gasteiger partial charge is 0.397 e. The Labute approximate surface area is 89.7 Å². The van der Waals surface area contributed by atoms with Crippen molar-refractivity contribution in [2.45, 2.75) is 13.3 Å².